The van der Waals surface area contributed by atoms with Crippen molar-refractivity contribution in [1.82, 2.24) is 0 Å². The van der Waals surface area contributed by atoms with Crippen LogP contribution in [0.1, 0.15) is 11.1 Å². The summed E-state index contributed by atoms with van der Waals surface area (Å²) >= 11 is 1.24. The SMILES string of the molecule is CSOCc1cc(C)ccc1F. The van der Waals surface area contributed by atoms with E-state index in [4.69, 9.17) is 4.18 Å². The molecule has 1 aromatic rings. The summed E-state index contributed by atoms with van der Waals surface area (Å²) in [5.74, 6) is -0.199. The minimum Gasteiger partial charge on any atom is -0.311 e. The Labute approximate surface area is 76.1 Å². The summed E-state index contributed by atoms with van der Waals surface area (Å²) in [6, 6.07) is 5.01. The average Bonchev–Trinajstić information content (AvgIpc) is 2.07. The van der Waals surface area contributed by atoms with Crippen molar-refractivity contribution in [3.63, 3.8) is 0 Å². The second-order valence-corrected chi connectivity index (χ2v) is 3.09. The number of aryl methyl sites for hydroxylation is 1. The molecule has 0 aromatic heterocycles. The summed E-state index contributed by atoms with van der Waals surface area (Å²) in [6.07, 6.45) is 1.81. The van der Waals surface area contributed by atoms with E-state index < -0.39 is 0 Å². The van der Waals surface area contributed by atoms with Gasteiger partial charge in [0.1, 0.15) is 5.82 Å². The largest absolute Gasteiger partial charge is 0.311 e. The van der Waals surface area contributed by atoms with Crippen LogP contribution in [0.4, 0.5) is 4.39 Å². The highest BCUT2D eigenvalue weighted by molar-refractivity contribution is 7.93. The minimum atomic E-state index is -0.199. The van der Waals surface area contributed by atoms with Gasteiger partial charge in [-0.15, -0.1) is 0 Å². The third-order valence-corrected chi connectivity index (χ3v) is 1.89. The molecule has 0 saturated carbocycles. The van der Waals surface area contributed by atoms with Gasteiger partial charge in [-0.2, -0.15) is 0 Å². The van der Waals surface area contributed by atoms with Gasteiger partial charge in [0, 0.05) is 11.8 Å². The van der Waals surface area contributed by atoms with Crippen molar-refractivity contribution in [2.45, 2.75) is 13.5 Å². The maximum atomic E-state index is 13.0. The second kappa shape index (κ2) is 4.48. The molecule has 0 aliphatic carbocycles. The van der Waals surface area contributed by atoms with E-state index in [-0.39, 0.29) is 5.82 Å². The lowest BCUT2D eigenvalue weighted by atomic mass is 10.1. The van der Waals surface area contributed by atoms with E-state index >= 15 is 0 Å². The van der Waals surface area contributed by atoms with E-state index in [1.54, 1.807) is 12.1 Å². The smallest absolute Gasteiger partial charge is 0.128 e. The summed E-state index contributed by atoms with van der Waals surface area (Å²) in [7, 11) is 0. The van der Waals surface area contributed by atoms with Gasteiger partial charge in [0.05, 0.1) is 6.61 Å². The minimum absolute atomic E-state index is 0.199. The highest BCUT2D eigenvalue weighted by atomic mass is 32.2. The summed E-state index contributed by atoms with van der Waals surface area (Å²) in [6.45, 7) is 2.26. The standard InChI is InChI=1S/C9H11FOS/c1-7-3-4-9(10)8(5-7)6-11-12-2/h3-5H,6H2,1-2H3. The van der Waals surface area contributed by atoms with Gasteiger partial charge in [-0.25, -0.2) is 4.39 Å². The van der Waals surface area contributed by atoms with Crippen molar-refractivity contribution < 1.29 is 8.57 Å². The van der Waals surface area contributed by atoms with Crippen molar-refractivity contribution in [3.05, 3.63) is 35.1 Å². The Hall–Kier alpha value is -0.540. The molecule has 1 aromatic carbocycles. The van der Waals surface area contributed by atoms with E-state index in [1.165, 1.54) is 18.1 Å². The van der Waals surface area contributed by atoms with Crippen LogP contribution in [-0.4, -0.2) is 6.26 Å². The molecular weight excluding hydrogens is 175 g/mol. The monoisotopic (exact) mass is 186 g/mol. The van der Waals surface area contributed by atoms with Crippen LogP contribution < -0.4 is 0 Å². The second-order valence-electron chi connectivity index (χ2n) is 2.52. The van der Waals surface area contributed by atoms with Gasteiger partial charge in [0.2, 0.25) is 0 Å². The first-order chi connectivity index (χ1) is 5.74. The van der Waals surface area contributed by atoms with Crippen LogP contribution in [0.15, 0.2) is 18.2 Å². The Morgan fingerprint density at radius 3 is 2.92 bits per heavy atom. The molecule has 0 aliphatic rings. The quantitative estimate of drug-likeness (QED) is 0.671. The normalized spacial score (nSPS) is 10.2. The van der Waals surface area contributed by atoms with Crippen LogP contribution in [0.3, 0.4) is 0 Å². The zero-order valence-corrected chi connectivity index (χ0v) is 7.95. The molecule has 66 valence electrons. The number of hydrogen-bond acceptors (Lipinski definition) is 2. The summed E-state index contributed by atoms with van der Waals surface area (Å²) in [4.78, 5) is 0. The van der Waals surface area contributed by atoms with Gasteiger partial charge in [0.15, 0.2) is 0 Å². The van der Waals surface area contributed by atoms with Gasteiger partial charge in [-0.05, 0) is 25.0 Å². The van der Waals surface area contributed by atoms with E-state index in [9.17, 15) is 4.39 Å². The zero-order valence-electron chi connectivity index (χ0n) is 7.13. The van der Waals surface area contributed by atoms with E-state index in [2.05, 4.69) is 0 Å². The Morgan fingerprint density at radius 1 is 1.50 bits per heavy atom. The van der Waals surface area contributed by atoms with Crippen LogP contribution in [0.2, 0.25) is 0 Å². The Morgan fingerprint density at radius 2 is 2.25 bits per heavy atom. The van der Waals surface area contributed by atoms with Crippen molar-refractivity contribution in [2.75, 3.05) is 6.26 Å². The molecule has 0 heterocycles. The predicted molar refractivity (Wildman–Crippen MR) is 49.4 cm³/mol. The Bertz CT molecular complexity index is 263. The first kappa shape index (κ1) is 9.55. The van der Waals surface area contributed by atoms with Crippen molar-refractivity contribution in [3.8, 4) is 0 Å². The van der Waals surface area contributed by atoms with Crippen LogP contribution in [0.5, 0.6) is 0 Å². The fraction of sp³-hybridized carbons (Fsp3) is 0.333. The van der Waals surface area contributed by atoms with E-state index in [1.807, 2.05) is 13.2 Å². The molecule has 12 heavy (non-hydrogen) atoms. The van der Waals surface area contributed by atoms with Crippen LogP contribution in [0, 0.1) is 12.7 Å². The molecule has 0 bridgehead atoms. The fourth-order valence-electron chi connectivity index (χ4n) is 0.937. The van der Waals surface area contributed by atoms with Gasteiger partial charge in [0.25, 0.3) is 0 Å². The number of hydrogen-bond donors (Lipinski definition) is 0. The molecule has 1 rings (SSSR count). The summed E-state index contributed by atoms with van der Waals surface area (Å²) < 4.78 is 18.0. The Kier molecular flexibility index (Phi) is 3.56. The average molecular weight is 186 g/mol. The maximum absolute atomic E-state index is 13.0. The van der Waals surface area contributed by atoms with Crippen LogP contribution in [0.25, 0.3) is 0 Å². The van der Waals surface area contributed by atoms with Gasteiger partial charge in [-0.1, -0.05) is 17.7 Å². The summed E-state index contributed by atoms with van der Waals surface area (Å²) in [5.41, 5.74) is 1.67. The lowest BCUT2D eigenvalue weighted by Crippen LogP contribution is -1.91. The number of benzene rings is 1. The molecular formula is C9H11FOS. The third-order valence-electron chi connectivity index (χ3n) is 1.53. The van der Waals surface area contributed by atoms with E-state index in [0.717, 1.165) is 5.56 Å². The molecule has 0 unspecified atom stereocenters. The predicted octanol–water partition coefficient (Wildman–Crippen LogP) is 2.93. The first-order valence-corrected chi connectivity index (χ1v) is 4.79. The van der Waals surface area contributed by atoms with Crippen molar-refractivity contribution in [1.29, 1.82) is 0 Å². The van der Waals surface area contributed by atoms with Gasteiger partial charge in [-0.3, -0.25) is 0 Å². The highest BCUT2D eigenvalue weighted by Crippen LogP contribution is 2.13. The fourth-order valence-corrected chi connectivity index (χ4v) is 1.18. The third kappa shape index (κ3) is 2.50. The number of rotatable bonds is 3. The van der Waals surface area contributed by atoms with Gasteiger partial charge < -0.3 is 4.18 Å². The molecule has 0 radical (unpaired) electrons. The zero-order chi connectivity index (χ0) is 8.97. The molecule has 1 nitrogen and oxygen atoms in total. The van der Waals surface area contributed by atoms with Crippen LogP contribution in [-0.2, 0) is 10.8 Å². The summed E-state index contributed by atoms with van der Waals surface area (Å²) in [5, 5.41) is 0. The van der Waals surface area contributed by atoms with Gasteiger partial charge >= 0.3 is 0 Å². The molecule has 0 aliphatic heterocycles. The molecule has 0 fully saturated rings. The molecule has 0 N–H and O–H groups in total. The van der Waals surface area contributed by atoms with Crippen LogP contribution >= 0.6 is 12.0 Å². The lowest BCUT2D eigenvalue weighted by Gasteiger charge is -2.02. The lowest BCUT2D eigenvalue weighted by molar-refractivity contribution is 0.356. The van der Waals surface area contributed by atoms with E-state index in [0.29, 0.717) is 12.2 Å². The van der Waals surface area contributed by atoms with Crippen molar-refractivity contribution in [2.24, 2.45) is 0 Å². The Balaban J connectivity index is 2.75. The molecule has 0 spiro atoms. The molecule has 0 saturated heterocycles. The topological polar surface area (TPSA) is 9.23 Å². The first-order valence-electron chi connectivity index (χ1n) is 3.64. The molecule has 3 heteroatoms. The highest BCUT2D eigenvalue weighted by Gasteiger charge is 2.01. The molecule has 0 amide bonds. The maximum Gasteiger partial charge on any atom is 0.128 e. The van der Waals surface area contributed by atoms with Crippen molar-refractivity contribution >= 4 is 12.0 Å². The number of halogens is 1. The molecule has 0 atom stereocenters.